The van der Waals surface area contributed by atoms with Gasteiger partial charge in [-0.3, -0.25) is 0 Å². The van der Waals surface area contributed by atoms with E-state index in [1.807, 2.05) is 26.8 Å². The fourth-order valence-corrected chi connectivity index (χ4v) is 2.31. The molecule has 0 aliphatic heterocycles. The Bertz CT molecular complexity index is 774. The molecule has 2 aromatic carbocycles. The maximum atomic E-state index is 12.6. The van der Waals surface area contributed by atoms with Gasteiger partial charge in [-0.05, 0) is 81.0 Å². The zero-order valence-corrected chi connectivity index (χ0v) is 16.3. The molecule has 0 amide bonds. The Labute approximate surface area is 152 Å². The van der Waals surface area contributed by atoms with E-state index in [0.717, 1.165) is 11.1 Å². The zero-order valence-electron chi connectivity index (χ0n) is 16.3. The third kappa shape index (κ3) is 6.54. The van der Waals surface area contributed by atoms with Crippen LogP contribution >= 0.6 is 0 Å². The Morgan fingerprint density at radius 3 is 1.92 bits per heavy atom. The zero-order chi connectivity index (χ0) is 19.0. The lowest BCUT2D eigenvalue weighted by molar-refractivity contribution is 0.617. The molecule has 0 atom stereocenters. The van der Waals surface area contributed by atoms with Crippen molar-refractivity contribution < 1.29 is 4.39 Å². The van der Waals surface area contributed by atoms with Crippen LogP contribution in [0.3, 0.4) is 0 Å². The molecule has 0 aliphatic carbocycles. The summed E-state index contributed by atoms with van der Waals surface area (Å²) in [6, 6.07) is 13.8. The molecule has 2 aromatic rings. The van der Waals surface area contributed by atoms with E-state index in [-0.39, 0.29) is 5.82 Å². The van der Waals surface area contributed by atoms with Crippen LogP contribution in [0.4, 0.5) is 4.39 Å². The van der Waals surface area contributed by atoms with E-state index in [4.69, 9.17) is 0 Å². The summed E-state index contributed by atoms with van der Waals surface area (Å²) in [4.78, 5) is 0. The van der Waals surface area contributed by atoms with Crippen molar-refractivity contribution in [2.45, 2.75) is 41.5 Å². The molecule has 0 aliphatic rings. The predicted octanol–water partition coefficient (Wildman–Crippen LogP) is 7.53. The standard InChI is InChI=1S/C16H20.C8H9F/c1-6-7-13(4)14(5)16-10-8-15(9-11-16)12(2)3;1-6-3-4-7(2)8(9)5-6/h6-11H,2H2,1,3-5H3;3-5H,1-2H3/b7-6-,14-13+;. The normalized spacial score (nSPS) is 11.6. The lowest BCUT2D eigenvalue weighted by Crippen LogP contribution is -1.85. The highest BCUT2D eigenvalue weighted by atomic mass is 19.1. The van der Waals surface area contributed by atoms with E-state index in [2.05, 4.69) is 56.8 Å². The van der Waals surface area contributed by atoms with E-state index < -0.39 is 0 Å². The summed E-state index contributed by atoms with van der Waals surface area (Å²) in [7, 11) is 0. The van der Waals surface area contributed by atoms with Crippen LogP contribution in [0.15, 0.2) is 66.8 Å². The predicted molar refractivity (Wildman–Crippen MR) is 110 cm³/mol. The molecule has 132 valence electrons. The number of benzene rings is 2. The van der Waals surface area contributed by atoms with Crippen LogP contribution in [0.2, 0.25) is 0 Å². The summed E-state index contributed by atoms with van der Waals surface area (Å²) in [5, 5.41) is 0. The third-order valence-corrected chi connectivity index (χ3v) is 4.15. The molecule has 0 N–H and O–H groups in total. The van der Waals surface area contributed by atoms with Crippen molar-refractivity contribution in [3.8, 4) is 0 Å². The maximum absolute atomic E-state index is 12.6. The maximum Gasteiger partial charge on any atom is 0.126 e. The highest BCUT2D eigenvalue weighted by Gasteiger charge is 1.99. The molecule has 0 saturated heterocycles. The number of halogens is 1. The minimum absolute atomic E-state index is 0.116. The van der Waals surface area contributed by atoms with Gasteiger partial charge in [-0.2, -0.15) is 0 Å². The van der Waals surface area contributed by atoms with Gasteiger partial charge in [0.05, 0.1) is 0 Å². The second kappa shape index (κ2) is 9.78. The molecule has 0 radical (unpaired) electrons. The molecule has 0 bridgehead atoms. The van der Waals surface area contributed by atoms with Crippen molar-refractivity contribution in [2.24, 2.45) is 0 Å². The minimum atomic E-state index is -0.116. The van der Waals surface area contributed by atoms with Crippen molar-refractivity contribution in [3.05, 3.63) is 94.8 Å². The van der Waals surface area contributed by atoms with Crippen LogP contribution in [-0.4, -0.2) is 0 Å². The van der Waals surface area contributed by atoms with Crippen LogP contribution in [0.5, 0.6) is 0 Å². The molecule has 0 heterocycles. The highest BCUT2D eigenvalue weighted by Crippen LogP contribution is 2.21. The Hall–Kier alpha value is -2.41. The van der Waals surface area contributed by atoms with Gasteiger partial charge in [-0.15, -0.1) is 0 Å². The number of aryl methyl sites for hydroxylation is 2. The van der Waals surface area contributed by atoms with Gasteiger partial charge in [0, 0.05) is 0 Å². The van der Waals surface area contributed by atoms with E-state index in [0.29, 0.717) is 5.56 Å². The number of hydrogen-bond donors (Lipinski definition) is 0. The molecule has 25 heavy (non-hydrogen) atoms. The van der Waals surface area contributed by atoms with Crippen molar-refractivity contribution in [2.75, 3.05) is 0 Å². The smallest absolute Gasteiger partial charge is 0.126 e. The summed E-state index contributed by atoms with van der Waals surface area (Å²) in [5.41, 5.74) is 7.91. The molecular weight excluding hydrogens is 307 g/mol. The summed E-state index contributed by atoms with van der Waals surface area (Å²) in [6.07, 6.45) is 4.21. The van der Waals surface area contributed by atoms with Gasteiger partial charge < -0.3 is 0 Å². The second-order valence-electron chi connectivity index (χ2n) is 6.42. The molecule has 0 unspecified atom stereocenters. The fourth-order valence-electron chi connectivity index (χ4n) is 2.31. The first kappa shape index (κ1) is 20.6. The Kier molecular flexibility index (Phi) is 8.07. The first-order valence-electron chi connectivity index (χ1n) is 8.55. The lowest BCUT2D eigenvalue weighted by atomic mass is 9.99. The monoisotopic (exact) mass is 336 g/mol. The van der Waals surface area contributed by atoms with Gasteiger partial charge in [0.25, 0.3) is 0 Å². The Balaban J connectivity index is 0.000000293. The van der Waals surface area contributed by atoms with Crippen LogP contribution in [-0.2, 0) is 0 Å². The van der Waals surface area contributed by atoms with Gasteiger partial charge >= 0.3 is 0 Å². The molecule has 0 spiro atoms. The van der Waals surface area contributed by atoms with Gasteiger partial charge in [-0.25, -0.2) is 4.39 Å². The van der Waals surface area contributed by atoms with E-state index in [1.54, 1.807) is 13.0 Å². The molecule has 0 aromatic heterocycles. The summed E-state index contributed by atoms with van der Waals surface area (Å²) in [6.45, 7) is 15.9. The van der Waals surface area contributed by atoms with E-state index >= 15 is 0 Å². The van der Waals surface area contributed by atoms with Crippen LogP contribution < -0.4 is 0 Å². The summed E-state index contributed by atoms with van der Waals surface area (Å²) in [5.74, 6) is -0.116. The average molecular weight is 336 g/mol. The van der Waals surface area contributed by atoms with Gasteiger partial charge in [0.1, 0.15) is 5.82 Å². The molecule has 1 heteroatoms. The summed E-state index contributed by atoms with van der Waals surface area (Å²) < 4.78 is 12.6. The van der Waals surface area contributed by atoms with Crippen LogP contribution in [0.25, 0.3) is 11.1 Å². The quantitative estimate of drug-likeness (QED) is 0.508. The molecule has 0 fully saturated rings. The average Bonchev–Trinajstić information content (AvgIpc) is 2.58. The largest absolute Gasteiger partial charge is 0.207 e. The molecule has 0 nitrogen and oxygen atoms in total. The highest BCUT2D eigenvalue weighted by molar-refractivity contribution is 5.71. The van der Waals surface area contributed by atoms with Crippen molar-refractivity contribution in [1.29, 1.82) is 0 Å². The third-order valence-electron chi connectivity index (χ3n) is 4.15. The first-order chi connectivity index (χ1) is 11.8. The van der Waals surface area contributed by atoms with Gasteiger partial charge in [-0.1, -0.05) is 60.7 Å². The molecule has 0 saturated carbocycles. The van der Waals surface area contributed by atoms with Gasteiger partial charge in [0.2, 0.25) is 0 Å². The Morgan fingerprint density at radius 1 is 0.920 bits per heavy atom. The first-order valence-corrected chi connectivity index (χ1v) is 8.55. The van der Waals surface area contributed by atoms with Gasteiger partial charge in [0.15, 0.2) is 0 Å². The fraction of sp³-hybridized carbons (Fsp3) is 0.250. The van der Waals surface area contributed by atoms with Crippen molar-refractivity contribution >= 4 is 11.1 Å². The minimum Gasteiger partial charge on any atom is -0.207 e. The number of hydrogen-bond acceptors (Lipinski definition) is 0. The van der Waals surface area contributed by atoms with Crippen molar-refractivity contribution in [1.82, 2.24) is 0 Å². The summed E-state index contributed by atoms with van der Waals surface area (Å²) >= 11 is 0. The topological polar surface area (TPSA) is 0 Å². The SMILES string of the molecule is C=C(C)c1ccc(/C(C)=C(C)/C=C\C)cc1.Cc1ccc(C)c(F)c1. The number of rotatable bonds is 3. The lowest BCUT2D eigenvalue weighted by Gasteiger charge is -2.06. The van der Waals surface area contributed by atoms with Crippen molar-refractivity contribution in [3.63, 3.8) is 0 Å². The van der Waals surface area contributed by atoms with E-state index in [1.165, 1.54) is 28.3 Å². The van der Waals surface area contributed by atoms with Crippen LogP contribution in [0.1, 0.15) is 49.9 Å². The second-order valence-corrected chi connectivity index (χ2v) is 6.42. The number of allylic oxidation sites excluding steroid dienone is 5. The van der Waals surface area contributed by atoms with Crippen LogP contribution in [0, 0.1) is 19.7 Å². The molecular formula is C24H29F. The molecule has 2 rings (SSSR count). The Morgan fingerprint density at radius 2 is 1.48 bits per heavy atom. The van der Waals surface area contributed by atoms with E-state index in [9.17, 15) is 4.39 Å².